The quantitative estimate of drug-likeness (QED) is 0.577. The number of nitrogens with zero attached hydrogens (tertiary/aromatic N) is 2. The molecule has 2 heterocycles. The first-order valence-corrected chi connectivity index (χ1v) is 12.2. The number of ether oxygens (including phenoxy) is 1. The Kier molecular flexibility index (Phi) is 7.22. The summed E-state index contributed by atoms with van der Waals surface area (Å²) in [4.78, 5) is 18.9. The van der Waals surface area contributed by atoms with Crippen LogP contribution in [-0.2, 0) is 10.2 Å². The van der Waals surface area contributed by atoms with Crippen molar-refractivity contribution in [1.82, 2.24) is 9.88 Å². The number of amides is 1. The summed E-state index contributed by atoms with van der Waals surface area (Å²) >= 11 is 12.8. The standard InChI is InChI=1S/C26H30Cl2N4O2/c1-16(23-20(27)6-3-7-21(23)28)34-22-13-19(15-31-24(22)29)26(18-8-11-32(2)12-9-18)10-4-5-17(14-26)25(30)33/h3-7,10,13,15-16,18H,8-9,11-12,14H2,1-2H3,(H2,29,31)(H2,30,33). The number of anilines is 1. The second-order valence-corrected chi connectivity index (χ2v) is 10.0. The van der Waals surface area contributed by atoms with E-state index in [4.69, 9.17) is 39.4 Å². The number of aromatic nitrogens is 1. The van der Waals surface area contributed by atoms with Gasteiger partial charge in [-0.15, -0.1) is 0 Å². The van der Waals surface area contributed by atoms with Crippen LogP contribution in [0.4, 0.5) is 5.82 Å². The van der Waals surface area contributed by atoms with Crippen molar-refractivity contribution in [2.24, 2.45) is 11.7 Å². The molecule has 2 aromatic rings. The number of allylic oxidation sites excluding steroid dienone is 3. The van der Waals surface area contributed by atoms with Crippen molar-refractivity contribution >= 4 is 34.9 Å². The predicted octanol–water partition coefficient (Wildman–Crippen LogP) is 5.06. The molecule has 2 aliphatic rings. The Morgan fingerprint density at radius 3 is 2.59 bits per heavy atom. The summed E-state index contributed by atoms with van der Waals surface area (Å²) in [6.45, 7) is 3.85. The minimum atomic E-state index is -0.442. The molecule has 1 aromatic heterocycles. The SMILES string of the molecule is CC(Oc1cc(C2(C3CCN(C)CC3)C=CC=C(C(N)=O)C2)cnc1N)c1c(Cl)cccc1Cl. The van der Waals surface area contributed by atoms with Crippen LogP contribution in [0, 0.1) is 5.92 Å². The molecule has 0 bridgehead atoms. The van der Waals surface area contributed by atoms with Gasteiger partial charge in [-0.1, -0.05) is 47.5 Å². The van der Waals surface area contributed by atoms with Crippen LogP contribution in [0.3, 0.4) is 0 Å². The lowest BCUT2D eigenvalue weighted by atomic mass is 9.62. The van der Waals surface area contributed by atoms with Gasteiger partial charge in [0.2, 0.25) is 5.91 Å². The van der Waals surface area contributed by atoms with Gasteiger partial charge >= 0.3 is 0 Å². The summed E-state index contributed by atoms with van der Waals surface area (Å²) in [6, 6.07) is 7.29. The Bertz CT molecular complexity index is 1120. The fourth-order valence-electron chi connectivity index (χ4n) is 5.13. The average Bonchev–Trinajstić information content (AvgIpc) is 2.81. The Morgan fingerprint density at radius 2 is 1.94 bits per heavy atom. The summed E-state index contributed by atoms with van der Waals surface area (Å²) in [5, 5.41) is 1.05. The van der Waals surface area contributed by atoms with Gasteiger partial charge in [0.05, 0.1) is 0 Å². The van der Waals surface area contributed by atoms with Crippen molar-refractivity contribution in [2.45, 2.75) is 37.7 Å². The number of likely N-dealkylation sites (tertiary alicyclic amines) is 1. The van der Waals surface area contributed by atoms with Crippen LogP contribution in [0.1, 0.15) is 43.4 Å². The molecule has 8 heteroatoms. The number of carbonyl (C=O) groups is 1. The lowest BCUT2D eigenvalue weighted by molar-refractivity contribution is -0.114. The molecule has 34 heavy (non-hydrogen) atoms. The fraction of sp³-hybridized carbons (Fsp3) is 0.385. The third kappa shape index (κ3) is 4.81. The molecule has 0 radical (unpaired) electrons. The molecular weight excluding hydrogens is 471 g/mol. The van der Waals surface area contributed by atoms with Gasteiger partial charge < -0.3 is 21.1 Å². The van der Waals surface area contributed by atoms with E-state index < -0.39 is 17.4 Å². The Morgan fingerprint density at radius 1 is 1.26 bits per heavy atom. The number of benzene rings is 1. The molecule has 2 atom stereocenters. The zero-order valence-electron chi connectivity index (χ0n) is 19.4. The summed E-state index contributed by atoms with van der Waals surface area (Å²) in [5.74, 6) is 0.653. The third-order valence-electron chi connectivity index (χ3n) is 7.07. The zero-order valence-corrected chi connectivity index (χ0v) is 20.9. The first-order valence-electron chi connectivity index (χ1n) is 11.4. The number of nitrogens with two attached hydrogens (primary N) is 2. The van der Waals surface area contributed by atoms with E-state index in [-0.39, 0.29) is 5.82 Å². The van der Waals surface area contributed by atoms with Crippen LogP contribution in [0.2, 0.25) is 10.0 Å². The van der Waals surface area contributed by atoms with Crippen molar-refractivity contribution in [2.75, 3.05) is 25.9 Å². The van der Waals surface area contributed by atoms with E-state index in [0.29, 0.717) is 39.3 Å². The van der Waals surface area contributed by atoms with E-state index in [1.54, 1.807) is 30.5 Å². The first kappa shape index (κ1) is 24.6. The van der Waals surface area contributed by atoms with Crippen molar-refractivity contribution in [3.05, 3.63) is 75.4 Å². The molecule has 6 nitrogen and oxygen atoms in total. The zero-order chi connectivity index (χ0) is 24.5. The van der Waals surface area contributed by atoms with Crippen molar-refractivity contribution in [3.8, 4) is 5.75 Å². The summed E-state index contributed by atoms with van der Waals surface area (Å²) in [6.07, 6.45) is 9.79. The molecule has 4 rings (SSSR count). The van der Waals surface area contributed by atoms with Gasteiger partial charge in [0.25, 0.3) is 0 Å². The van der Waals surface area contributed by atoms with E-state index in [1.807, 2.05) is 19.1 Å². The molecule has 0 spiro atoms. The number of hydrogen-bond acceptors (Lipinski definition) is 5. The summed E-state index contributed by atoms with van der Waals surface area (Å²) < 4.78 is 6.25. The third-order valence-corrected chi connectivity index (χ3v) is 7.73. The molecule has 4 N–H and O–H groups in total. The number of carbonyl (C=O) groups excluding carboxylic acids is 1. The second kappa shape index (κ2) is 9.98. The average molecular weight is 501 g/mol. The maximum Gasteiger partial charge on any atom is 0.244 e. The largest absolute Gasteiger partial charge is 0.482 e. The van der Waals surface area contributed by atoms with Crippen molar-refractivity contribution in [1.29, 1.82) is 0 Å². The Hall–Kier alpha value is -2.54. The number of pyridine rings is 1. The van der Waals surface area contributed by atoms with Gasteiger partial charge in [-0.3, -0.25) is 4.79 Å². The lowest BCUT2D eigenvalue weighted by Crippen LogP contribution is -2.43. The second-order valence-electron chi connectivity index (χ2n) is 9.21. The topological polar surface area (TPSA) is 94.5 Å². The smallest absolute Gasteiger partial charge is 0.244 e. The molecule has 1 aromatic carbocycles. The van der Waals surface area contributed by atoms with Crippen LogP contribution in [-0.4, -0.2) is 35.9 Å². The van der Waals surface area contributed by atoms with Gasteiger partial charge in [0, 0.05) is 32.8 Å². The fourth-order valence-corrected chi connectivity index (χ4v) is 5.83. The highest BCUT2D eigenvalue weighted by atomic mass is 35.5. The van der Waals surface area contributed by atoms with E-state index in [2.05, 4.69) is 23.0 Å². The summed E-state index contributed by atoms with van der Waals surface area (Å²) in [5.41, 5.74) is 13.7. The number of piperidine rings is 1. The van der Waals surface area contributed by atoms with Gasteiger partial charge in [-0.05, 0) is 76.0 Å². The number of hydrogen-bond donors (Lipinski definition) is 2. The molecule has 1 fully saturated rings. The molecule has 1 aliphatic carbocycles. The first-order chi connectivity index (χ1) is 16.2. The monoisotopic (exact) mass is 500 g/mol. The van der Waals surface area contributed by atoms with Gasteiger partial charge in [0.15, 0.2) is 11.6 Å². The maximum absolute atomic E-state index is 12.1. The highest BCUT2D eigenvalue weighted by Gasteiger charge is 2.42. The lowest BCUT2D eigenvalue weighted by Gasteiger charge is -2.44. The molecule has 180 valence electrons. The molecule has 1 aliphatic heterocycles. The van der Waals surface area contributed by atoms with Crippen LogP contribution < -0.4 is 16.2 Å². The molecule has 1 saturated heterocycles. The molecule has 1 amide bonds. The van der Waals surface area contributed by atoms with E-state index in [9.17, 15) is 4.79 Å². The maximum atomic E-state index is 12.1. The molecule has 0 saturated carbocycles. The summed E-state index contributed by atoms with van der Waals surface area (Å²) in [7, 11) is 2.13. The molecular formula is C26H30Cl2N4O2. The van der Waals surface area contributed by atoms with Gasteiger partial charge in [-0.2, -0.15) is 0 Å². The highest BCUT2D eigenvalue weighted by Crippen LogP contribution is 2.47. The van der Waals surface area contributed by atoms with Crippen LogP contribution in [0.5, 0.6) is 5.75 Å². The van der Waals surface area contributed by atoms with Gasteiger partial charge in [0.1, 0.15) is 6.10 Å². The number of primary amides is 1. The Labute approximate surface area is 210 Å². The van der Waals surface area contributed by atoms with Crippen LogP contribution >= 0.6 is 23.2 Å². The van der Waals surface area contributed by atoms with E-state index in [1.165, 1.54) is 0 Å². The predicted molar refractivity (Wildman–Crippen MR) is 137 cm³/mol. The number of rotatable bonds is 6. The minimum Gasteiger partial charge on any atom is -0.482 e. The van der Waals surface area contributed by atoms with E-state index >= 15 is 0 Å². The number of nitrogen functional groups attached to an aromatic ring is 1. The Balaban J connectivity index is 1.72. The normalized spacial score (nSPS) is 22.3. The molecule has 2 unspecified atom stereocenters. The van der Waals surface area contributed by atoms with E-state index in [0.717, 1.165) is 31.5 Å². The van der Waals surface area contributed by atoms with Crippen molar-refractivity contribution in [3.63, 3.8) is 0 Å². The highest BCUT2D eigenvalue weighted by molar-refractivity contribution is 6.36. The van der Waals surface area contributed by atoms with Gasteiger partial charge in [-0.25, -0.2) is 4.98 Å². The number of halogens is 2. The van der Waals surface area contributed by atoms with Crippen LogP contribution in [0.25, 0.3) is 0 Å². The van der Waals surface area contributed by atoms with Crippen molar-refractivity contribution < 1.29 is 9.53 Å². The minimum absolute atomic E-state index is 0.280. The van der Waals surface area contributed by atoms with Crippen LogP contribution in [0.15, 0.2) is 54.3 Å².